The molecule has 5 heteroatoms. The van der Waals surface area contributed by atoms with Crippen molar-refractivity contribution in [1.82, 2.24) is 9.97 Å². The third-order valence-electron chi connectivity index (χ3n) is 4.70. The second-order valence-electron chi connectivity index (χ2n) is 8.10. The first-order valence-corrected chi connectivity index (χ1v) is 11.2. The van der Waals surface area contributed by atoms with Crippen LogP contribution in [0.1, 0.15) is 43.4 Å². The minimum Gasteiger partial charge on any atom is -0.488 e. The molecule has 0 amide bonds. The summed E-state index contributed by atoms with van der Waals surface area (Å²) in [6.07, 6.45) is 2.04. The van der Waals surface area contributed by atoms with Gasteiger partial charge in [0.05, 0.1) is 27.0 Å². The molecule has 1 aromatic carbocycles. The van der Waals surface area contributed by atoms with Crippen LogP contribution in [0.25, 0.3) is 11.3 Å². The first-order valence-electron chi connectivity index (χ1n) is 9.61. The number of halogens is 1. The summed E-state index contributed by atoms with van der Waals surface area (Å²) in [7, 11) is 0. The van der Waals surface area contributed by atoms with Crippen LogP contribution in [0.2, 0.25) is 5.02 Å². The Hall–Kier alpha value is -2.04. The Labute approximate surface area is 182 Å². The van der Waals surface area contributed by atoms with Crippen molar-refractivity contribution in [2.75, 3.05) is 6.26 Å². The van der Waals surface area contributed by atoms with Crippen molar-refractivity contribution in [1.29, 1.82) is 0 Å². The highest BCUT2D eigenvalue weighted by atomic mass is 35.5. The Balaban J connectivity index is 2.02. The lowest BCUT2D eigenvalue weighted by Crippen LogP contribution is -2.15. The van der Waals surface area contributed by atoms with E-state index in [0.29, 0.717) is 11.6 Å². The zero-order valence-electron chi connectivity index (χ0n) is 17.8. The summed E-state index contributed by atoms with van der Waals surface area (Å²) in [5.74, 6) is 0.833. The van der Waals surface area contributed by atoms with E-state index in [1.807, 2.05) is 50.4 Å². The molecule has 0 bridgehead atoms. The molecule has 3 nitrogen and oxygen atoms in total. The van der Waals surface area contributed by atoms with E-state index in [9.17, 15) is 0 Å². The smallest absolute Gasteiger partial charge is 0.137 e. The molecular formula is C24H27ClN2OS. The molecule has 0 aliphatic rings. The van der Waals surface area contributed by atoms with Crippen LogP contribution in [-0.4, -0.2) is 16.2 Å². The fourth-order valence-corrected chi connectivity index (χ4v) is 4.32. The molecule has 0 saturated carbocycles. The van der Waals surface area contributed by atoms with Crippen LogP contribution < -0.4 is 4.74 Å². The predicted molar refractivity (Wildman–Crippen MR) is 123 cm³/mol. The van der Waals surface area contributed by atoms with E-state index >= 15 is 0 Å². The summed E-state index contributed by atoms with van der Waals surface area (Å²) in [5, 5.41) is 0.665. The molecule has 3 rings (SSSR count). The van der Waals surface area contributed by atoms with Gasteiger partial charge in [-0.3, -0.25) is 9.97 Å². The fourth-order valence-electron chi connectivity index (χ4n) is 3.23. The lowest BCUT2D eigenvalue weighted by molar-refractivity contribution is 0.298. The SMILES string of the molecule is CSc1c(OCc2ccccc2)cc(-c2cc(Cl)c(C(C)(C)C)nc2C)nc1C. The van der Waals surface area contributed by atoms with E-state index in [-0.39, 0.29) is 5.41 Å². The molecule has 152 valence electrons. The number of aryl methyl sites for hydroxylation is 2. The largest absolute Gasteiger partial charge is 0.488 e. The normalized spacial score (nSPS) is 11.6. The van der Waals surface area contributed by atoms with Gasteiger partial charge < -0.3 is 4.74 Å². The van der Waals surface area contributed by atoms with Gasteiger partial charge in [-0.05, 0) is 31.7 Å². The Morgan fingerprint density at radius 3 is 2.31 bits per heavy atom. The van der Waals surface area contributed by atoms with Crippen molar-refractivity contribution in [2.24, 2.45) is 0 Å². The summed E-state index contributed by atoms with van der Waals surface area (Å²) >= 11 is 8.23. The maximum Gasteiger partial charge on any atom is 0.137 e. The second-order valence-corrected chi connectivity index (χ2v) is 9.32. The molecule has 2 aromatic heterocycles. The summed E-state index contributed by atoms with van der Waals surface area (Å²) in [4.78, 5) is 10.7. The second kappa shape index (κ2) is 8.76. The number of ether oxygens (including phenoxy) is 1. The molecule has 0 atom stereocenters. The van der Waals surface area contributed by atoms with E-state index in [2.05, 4.69) is 32.9 Å². The maximum absolute atomic E-state index is 6.59. The lowest BCUT2D eigenvalue weighted by atomic mass is 9.90. The van der Waals surface area contributed by atoms with Crippen LogP contribution in [-0.2, 0) is 12.0 Å². The monoisotopic (exact) mass is 426 g/mol. The van der Waals surface area contributed by atoms with Gasteiger partial charge in [-0.15, -0.1) is 11.8 Å². The average molecular weight is 427 g/mol. The van der Waals surface area contributed by atoms with Gasteiger partial charge in [0.15, 0.2) is 0 Å². The summed E-state index contributed by atoms with van der Waals surface area (Å²) < 4.78 is 6.19. The van der Waals surface area contributed by atoms with Crippen LogP contribution in [0, 0.1) is 13.8 Å². The van der Waals surface area contributed by atoms with E-state index in [4.69, 9.17) is 26.3 Å². The zero-order chi connectivity index (χ0) is 21.2. The van der Waals surface area contributed by atoms with Gasteiger partial charge in [-0.25, -0.2) is 0 Å². The molecule has 0 fully saturated rings. The van der Waals surface area contributed by atoms with Crippen molar-refractivity contribution in [3.05, 3.63) is 70.1 Å². The van der Waals surface area contributed by atoms with Crippen molar-refractivity contribution in [2.45, 2.75) is 51.5 Å². The number of rotatable bonds is 5. The molecule has 3 aromatic rings. The third kappa shape index (κ3) is 4.93. The highest BCUT2D eigenvalue weighted by molar-refractivity contribution is 7.98. The van der Waals surface area contributed by atoms with Crippen molar-refractivity contribution >= 4 is 23.4 Å². The highest BCUT2D eigenvalue weighted by Gasteiger charge is 2.22. The molecule has 29 heavy (non-hydrogen) atoms. The quantitative estimate of drug-likeness (QED) is 0.411. The van der Waals surface area contributed by atoms with Gasteiger partial charge in [-0.1, -0.05) is 62.7 Å². The number of hydrogen-bond donors (Lipinski definition) is 0. The highest BCUT2D eigenvalue weighted by Crippen LogP contribution is 2.37. The minimum atomic E-state index is -0.115. The molecule has 0 spiro atoms. The number of nitrogens with zero attached hydrogens (tertiary/aromatic N) is 2. The summed E-state index contributed by atoms with van der Waals surface area (Å²) in [6.45, 7) is 10.9. The van der Waals surface area contributed by atoms with Crippen molar-refractivity contribution in [3.8, 4) is 17.0 Å². The first-order chi connectivity index (χ1) is 13.7. The van der Waals surface area contributed by atoms with Crippen LogP contribution >= 0.6 is 23.4 Å². The lowest BCUT2D eigenvalue weighted by Gasteiger charge is -2.21. The topological polar surface area (TPSA) is 35.0 Å². The Bertz CT molecular complexity index is 1010. The molecule has 0 aliphatic heterocycles. The molecule has 0 unspecified atom stereocenters. The van der Waals surface area contributed by atoms with E-state index in [1.54, 1.807) is 11.8 Å². The van der Waals surface area contributed by atoms with Gasteiger partial charge in [0.2, 0.25) is 0 Å². The van der Waals surface area contributed by atoms with E-state index in [1.165, 1.54) is 0 Å². The number of thioether (sulfide) groups is 1. The van der Waals surface area contributed by atoms with Crippen molar-refractivity contribution in [3.63, 3.8) is 0 Å². The Kier molecular flexibility index (Phi) is 6.55. The number of benzene rings is 1. The summed E-state index contributed by atoms with van der Waals surface area (Å²) in [5.41, 5.74) is 5.53. The van der Waals surface area contributed by atoms with Gasteiger partial charge in [0, 0.05) is 22.7 Å². The van der Waals surface area contributed by atoms with Gasteiger partial charge in [0.25, 0.3) is 0 Å². The van der Waals surface area contributed by atoms with Gasteiger partial charge in [0.1, 0.15) is 12.4 Å². The molecule has 0 saturated heterocycles. The third-order valence-corrected chi connectivity index (χ3v) is 5.90. The van der Waals surface area contributed by atoms with E-state index in [0.717, 1.165) is 44.5 Å². The van der Waals surface area contributed by atoms with Crippen LogP contribution in [0.5, 0.6) is 5.75 Å². The Morgan fingerprint density at radius 1 is 1.00 bits per heavy atom. The number of hydrogen-bond acceptors (Lipinski definition) is 4. The zero-order valence-corrected chi connectivity index (χ0v) is 19.4. The molecule has 0 aliphatic carbocycles. The van der Waals surface area contributed by atoms with Crippen LogP contribution in [0.15, 0.2) is 47.4 Å². The fraction of sp³-hybridized carbons (Fsp3) is 0.333. The van der Waals surface area contributed by atoms with E-state index < -0.39 is 0 Å². The van der Waals surface area contributed by atoms with Gasteiger partial charge >= 0.3 is 0 Å². The minimum absolute atomic E-state index is 0.115. The standard InChI is InChI=1S/C24H27ClN2OS/c1-15-18(12-19(25)23(27-15)24(3,4)5)20-13-21(22(29-6)16(2)26-20)28-14-17-10-8-7-9-11-17/h7-13H,14H2,1-6H3. The number of aromatic nitrogens is 2. The van der Waals surface area contributed by atoms with Gasteiger partial charge in [-0.2, -0.15) is 0 Å². The molecule has 2 heterocycles. The van der Waals surface area contributed by atoms with Crippen molar-refractivity contribution < 1.29 is 4.74 Å². The molecule has 0 radical (unpaired) electrons. The molecular weight excluding hydrogens is 400 g/mol. The average Bonchev–Trinajstić information content (AvgIpc) is 2.67. The maximum atomic E-state index is 6.59. The Morgan fingerprint density at radius 2 is 1.69 bits per heavy atom. The predicted octanol–water partition coefficient (Wildman–Crippen LogP) is 7.01. The van der Waals surface area contributed by atoms with Crippen LogP contribution in [0.4, 0.5) is 0 Å². The summed E-state index contributed by atoms with van der Waals surface area (Å²) in [6, 6.07) is 14.1. The molecule has 0 N–H and O–H groups in total. The first kappa shape index (κ1) is 21.7. The van der Waals surface area contributed by atoms with Crippen LogP contribution in [0.3, 0.4) is 0 Å². The number of pyridine rings is 2.